The molecule has 2 rings (SSSR count). The molecule has 0 aliphatic carbocycles. The van der Waals surface area contributed by atoms with Crippen LogP contribution in [-0.4, -0.2) is 27.4 Å². The molecule has 0 saturated carbocycles. The van der Waals surface area contributed by atoms with Crippen molar-refractivity contribution >= 4 is 31.9 Å². The van der Waals surface area contributed by atoms with Gasteiger partial charge in [0, 0.05) is 24.0 Å². The molecule has 8 heteroatoms. The number of hydrogen-bond donors (Lipinski definition) is 2. The molecular formula is C17H18BrFN2O3S. The van der Waals surface area contributed by atoms with E-state index in [1.165, 1.54) is 18.2 Å². The van der Waals surface area contributed by atoms with Crippen molar-refractivity contribution in [2.75, 3.05) is 13.1 Å². The van der Waals surface area contributed by atoms with Gasteiger partial charge in [-0.1, -0.05) is 34.1 Å². The summed E-state index contributed by atoms with van der Waals surface area (Å²) in [5.41, 5.74) is 0.527. The molecule has 2 aromatic carbocycles. The van der Waals surface area contributed by atoms with Gasteiger partial charge in [-0.3, -0.25) is 4.79 Å². The van der Waals surface area contributed by atoms with E-state index in [1.807, 2.05) is 0 Å². The van der Waals surface area contributed by atoms with E-state index in [2.05, 4.69) is 26.0 Å². The Morgan fingerprint density at radius 3 is 2.40 bits per heavy atom. The molecule has 1 amide bonds. The Bertz CT molecular complexity index is 826. The minimum absolute atomic E-state index is 0.00697. The lowest BCUT2D eigenvalue weighted by molar-refractivity contribution is -0.120. The highest BCUT2D eigenvalue weighted by Gasteiger charge is 2.13. The van der Waals surface area contributed by atoms with Crippen LogP contribution in [0.1, 0.15) is 12.0 Å². The first-order chi connectivity index (χ1) is 11.9. The highest BCUT2D eigenvalue weighted by atomic mass is 79.9. The van der Waals surface area contributed by atoms with Crippen LogP contribution in [0.5, 0.6) is 0 Å². The third-order valence-electron chi connectivity index (χ3n) is 3.44. The van der Waals surface area contributed by atoms with E-state index in [0.29, 0.717) is 18.5 Å². The van der Waals surface area contributed by atoms with E-state index in [4.69, 9.17) is 0 Å². The number of carbonyl (C=O) groups is 1. The number of halogens is 2. The fraction of sp³-hybridized carbons (Fsp3) is 0.235. The third-order valence-corrected chi connectivity index (χ3v) is 5.45. The smallest absolute Gasteiger partial charge is 0.240 e. The van der Waals surface area contributed by atoms with Crippen molar-refractivity contribution in [3.8, 4) is 0 Å². The van der Waals surface area contributed by atoms with E-state index in [0.717, 1.165) is 4.47 Å². The summed E-state index contributed by atoms with van der Waals surface area (Å²) in [5.74, 6) is -0.603. The molecular weight excluding hydrogens is 411 g/mol. The van der Waals surface area contributed by atoms with Crippen LogP contribution < -0.4 is 10.0 Å². The number of sulfonamides is 1. The molecule has 2 aromatic rings. The number of hydrogen-bond acceptors (Lipinski definition) is 3. The average molecular weight is 429 g/mol. The first kappa shape index (κ1) is 19.6. The summed E-state index contributed by atoms with van der Waals surface area (Å²) < 4.78 is 40.7. The predicted octanol–water partition coefficient (Wildman–Crippen LogP) is 2.62. The third kappa shape index (κ3) is 6.22. The molecule has 0 aliphatic heterocycles. The van der Waals surface area contributed by atoms with Gasteiger partial charge in [0.2, 0.25) is 15.9 Å². The van der Waals surface area contributed by atoms with E-state index >= 15 is 0 Å². The largest absolute Gasteiger partial charge is 0.356 e. The molecule has 0 bridgehead atoms. The summed E-state index contributed by atoms with van der Waals surface area (Å²) in [6, 6.07) is 12.6. The molecule has 0 heterocycles. The minimum Gasteiger partial charge on any atom is -0.356 e. The number of nitrogens with one attached hydrogen (secondary N) is 2. The van der Waals surface area contributed by atoms with Gasteiger partial charge in [0.05, 0.1) is 4.90 Å². The van der Waals surface area contributed by atoms with Gasteiger partial charge in [-0.15, -0.1) is 0 Å². The first-order valence-corrected chi connectivity index (χ1v) is 9.91. The predicted molar refractivity (Wildman–Crippen MR) is 97.1 cm³/mol. The van der Waals surface area contributed by atoms with Crippen LogP contribution in [0.2, 0.25) is 0 Å². The molecule has 134 valence electrons. The van der Waals surface area contributed by atoms with Crippen LogP contribution in [0.4, 0.5) is 4.39 Å². The Balaban J connectivity index is 1.73. The summed E-state index contributed by atoms with van der Waals surface area (Å²) >= 11 is 3.24. The van der Waals surface area contributed by atoms with Gasteiger partial charge in [0.15, 0.2) is 0 Å². The Kier molecular flexibility index (Phi) is 7.10. The highest BCUT2D eigenvalue weighted by Crippen LogP contribution is 2.14. The van der Waals surface area contributed by atoms with Crippen LogP contribution in [0.15, 0.2) is 57.9 Å². The van der Waals surface area contributed by atoms with Gasteiger partial charge in [0.1, 0.15) is 5.82 Å². The Morgan fingerprint density at radius 2 is 1.72 bits per heavy atom. The highest BCUT2D eigenvalue weighted by molar-refractivity contribution is 9.10. The van der Waals surface area contributed by atoms with Gasteiger partial charge in [-0.05, 0) is 42.3 Å². The average Bonchev–Trinajstić information content (AvgIpc) is 2.57. The second-order valence-corrected chi connectivity index (χ2v) is 7.98. The molecule has 0 unspecified atom stereocenters. The Labute approximate surface area is 154 Å². The monoisotopic (exact) mass is 428 g/mol. The molecule has 0 aromatic heterocycles. The summed E-state index contributed by atoms with van der Waals surface area (Å²) in [7, 11) is -3.64. The van der Waals surface area contributed by atoms with Crippen LogP contribution >= 0.6 is 15.9 Å². The van der Waals surface area contributed by atoms with Crippen molar-refractivity contribution in [2.45, 2.75) is 17.7 Å². The summed E-state index contributed by atoms with van der Waals surface area (Å²) in [6.07, 6.45) is 0.385. The Morgan fingerprint density at radius 1 is 1.04 bits per heavy atom. The van der Waals surface area contributed by atoms with E-state index in [1.54, 1.807) is 30.3 Å². The van der Waals surface area contributed by atoms with Gasteiger partial charge < -0.3 is 5.32 Å². The van der Waals surface area contributed by atoms with Crippen molar-refractivity contribution in [2.24, 2.45) is 0 Å². The minimum atomic E-state index is -3.64. The lowest BCUT2D eigenvalue weighted by Crippen LogP contribution is -2.31. The van der Waals surface area contributed by atoms with E-state index in [9.17, 15) is 17.6 Å². The van der Waals surface area contributed by atoms with Gasteiger partial charge in [-0.2, -0.15) is 0 Å². The zero-order valence-electron chi connectivity index (χ0n) is 13.3. The molecule has 0 saturated heterocycles. The zero-order chi connectivity index (χ0) is 18.3. The van der Waals surface area contributed by atoms with Crippen LogP contribution in [0.3, 0.4) is 0 Å². The standard InChI is InChI=1S/C17H18BrFN2O3S/c18-14-5-7-15(8-6-14)25(23,24)21-12-10-17(22)20-11-9-13-3-1-2-4-16(13)19/h1-8,21H,9-12H2,(H,20,22). The van der Waals surface area contributed by atoms with Crippen LogP contribution in [-0.2, 0) is 21.2 Å². The fourth-order valence-corrected chi connectivity index (χ4v) is 3.42. The second kappa shape index (κ2) is 9.07. The van der Waals surface area contributed by atoms with Crippen LogP contribution in [0.25, 0.3) is 0 Å². The SMILES string of the molecule is O=C(CCNS(=O)(=O)c1ccc(Br)cc1)NCCc1ccccc1F. The lowest BCUT2D eigenvalue weighted by atomic mass is 10.1. The maximum absolute atomic E-state index is 13.4. The zero-order valence-corrected chi connectivity index (χ0v) is 15.7. The van der Waals surface area contributed by atoms with Crippen LogP contribution in [0, 0.1) is 5.82 Å². The van der Waals surface area contributed by atoms with Crippen molar-refractivity contribution < 1.29 is 17.6 Å². The Hall–Kier alpha value is -1.77. The topological polar surface area (TPSA) is 75.3 Å². The van der Waals surface area contributed by atoms with Crippen molar-refractivity contribution in [3.63, 3.8) is 0 Å². The fourth-order valence-electron chi connectivity index (χ4n) is 2.12. The molecule has 0 aliphatic rings. The normalized spacial score (nSPS) is 11.3. The van der Waals surface area contributed by atoms with E-state index < -0.39 is 10.0 Å². The maximum atomic E-state index is 13.4. The van der Waals surface area contributed by atoms with Crippen molar-refractivity contribution in [3.05, 3.63) is 64.4 Å². The van der Waals surface area contributed by atoms with Gasteiger partial charge in [-0.25, -0.2) is 17.5 Å². The molecule has 2 N–H and O–H groups in total. The quantitative estimate of drug-likeness (QED) is 0.678. The van der Waals surface area contributed by atoms with Gasteiger partial charge in [0.25, 0.3) is 0 Å². The number of rotatable bonds is 8. The number of carbonyl (C=O) groups excluding carboxylic acids is 1. The molecule has 0 fully saturated rings. The van der Waals surface area contributed by atoms with Crippen molar-refractivity contribution in [1.82, 2.24) is 10.0 Å². The second-order valence-electron chi connectivity index (χ2n) is 5.29. The number of amides is 1. The summed E-state index contributed by atoms with van der Waals surface area (Å²) in [4.78, 5) is 11.9. The summed E-state index contributed by atoms with van der Waals surface area (Å²) in [6.45, 7) is 0.281. The lowest BCUT2D eigenvalue weighted by Gasteiger charge is -2.08. The number of benzene rings is 2. The molecule has 25 heavy (non-hydrogen) atoms. The molecule has 5 nitrogen and oxygen atoms in total. The maximum Gasteiger partial charge on any atom is 0.240 e. The summed E-state index contributed by atoms with van der Waals surface area (Å²) in [5, 5.41) is 2.65. The van der Waals surface area contributed by atoms with E-state index in [-0.39, 0.29) is 29.6 Å². The molecule has 0 spiro atoms. The first-order valence-electron chi connectivity index (χ1n) is 7.64. The van der Waals surface area contributed by atoms with Gasteiger partial charge >= 0.3 is 0 Å². The van der Waals surface area contributed by atoms with Crippen molar-refractivity contribution in [1.29, 1.82) is 0 Å². The molecule has 0 atom stereocenters. The molecule has 0 radical (unpaired) electrons.